The van der Waals surface area contributed by atoms with Gasteiger partial charge >= 0.3 is 0 Å². The fourth-order valence-electron chi connectivity index (χ4n) is 2.36. The first kappa shape index (κ1) is 17.4. The number of aryl methyl sites for hydroxylation is 1. The van der Waals surface area contributed by atoms with Crippen molar-refractivity contribution < 1.29 is 4.79 Å². The standard InChI is InChI=1S/C16H28N4O/c1-6-7-18-9-14-8-12(2)15(19-10-14)20(5)11-13(3)16(21)17-4/h8,10,13,18H,6-7,9,11H2,1-5H3,(H,17,21). The molecule has 0 aliphatic carbocycles. The molecule has 0 fully saturated rings. The normalized spacial score (nSPS) is 12.0. The summed E-state index contributed by atoms with van der Waals surface area (Å²) in [6.45, 7) is 8.66. The van der Waals surface area contributed by atoms with Crippen LogP contribution in [-0.2, 0) is 11.3 Å². The minimum atomic E-state index is -0.0629. The summed E-state index contributed by atoms with van der Waals surface area (Å²) in [7, 11) is 3.64. The van der Waals surface area contributed by atoms with Gasteiger partial charge in [-0.2, -0.15) is 0 Å². The highest BCUT2D eigenvalue weighted by Crippen LogP contribution is 2.17. The molecule has 1 heterocycles. The molecule has 0 aromatic carbocycles. The van der Waals surface area contributed by atoms with Crippen LogP contribution in [0.4, 0.5) is 5.82 Å². The Hall–Kier alpha value is -1.62. The van der Waals surface area contributed by atoms with E-state index in [0.717, 1.165) is 30.9 Å². The van der Waals surface area contributed by atoms with Crippen LogP contribution in [0.5, 0.6) is 0 Å². The lowest BCUT2D eigenvalue weighted by Gasteiger charge is -2.23. The molecule has 1 atom stereocenters. The van der Waals surface area contributed by atoms with Crippen LogP contribution in [0.1, 0.15) is 31.4 Å². The van der Waals surface area contributed by atoms with Crippen molar-refractivity contribution >= 4 is 11.7 Å². The van der Waals surface area contributed by atoms with E-state index in [9.17, 15) is 4.79 Å². The lowest BCUT2D eigenvalue weighted by Crippen LogP contribution is -2.35. The van der Waals surface area contributed by atoms with E-state index in [1.807, 2.05) is 25.1 Å². The van der Waals surface area contributed by atoms with Gasteiger partial charge in [0.2, 0.25) is 5.91 Å². The molecule has 0 bridgehead atoms. The van der Waals surface area contributed by atoms with E-state index in [4.69, 9.17) is 0 Å². The van der Waals surface area contributed by atoms with E-state index in [-0.39, 0.29) is 11.8 Å². The average molecular weight is 292 g/mol. The van der Waals surface area contributed by atoms with Gasteiger partial charge in [0.1, 0.15) is 5.82 Å². The van der Waals surface area contributed by atoms with E-state index < -0.39 is 0 Å². The van der Waals surface area contributed by atoms with Crippen LogP contribution in [0.15, 0.2) is 12.3 Å². The number of nitrogens with one attached hydrogen (secondary N) is 2. The lowest BCUT2D eigenvalue weighted by molar-refractivity contribution is -0.123. The number of rotatable bonds is 8. The summed E-state index contributed by atoms with van der Waals surface area (Å²) < 4.78 is 0. The van der Waals surface area contributed by atoms with Gasteiger partial charge in [-0.25, -0.2) is 4.98 Å². The second-order valence-electron chi connectivity index (χ2n) is 5.56. The Morgan fingerprint density at radius 1 is 1.48 bits per heavy atom. The number of nitrogens with zero attached hydrogens (tertiary/aromatic N) is 2. The number of pyridine rings is 1. The molecule has 1 unspecified atom stereocenters. The molecule has 5 heteroatoms. The Morgan fingerprint density at radius 2 is 2.19 bits per heavy atom. The van der Waals surface area contributed by atoms with Gasteiger partial charge in [-0.05, 0) is 37.1 Å². The highest BCUT2D eigenvalue weighted by Gasteiger charge is 2.15. The van der Waals surface area contributed by atoms with Crippen LogP contribution < -0.4 is 15.5 Å². The summed E-state index contributed by atoms with van der Waals surface area (Å²) in [5.74, 6) is 0.928. The molecular weight excluding hydrogens is 264 g/mol. The zero-order valence-electron chi connectivity index (χ0n) is 13.9. The number of aromatic nitrogens is 1. The number of hydrogen-bond acceptors (Lipinski definition) is 4. The van der Waals surface area contributed by atoms with Crippen molar-refractivity contribution in [2.75, 3.05) is 32.1 Å². The van der Waals surface area contributed by atoms with Gasteiger partial charge in [-0.3, -0.25) is 4.79 Å². The van der Waals surface area contributed by atoms with E-state index >= 15 is 0 Å². The van der Waals surface area contributed by atoms with Crippen molar-refractivity contribution in [1.82, 2.24) is 15.6 Å². The summed E-state index contributed by atoms with van der Waals surface area (Å²) in [5.41, 5.74) is 2.33. The predicted octanol–water partition coefficient (Wildman–Crippen LogP) is 1.71. The molecule has 0 aliphatic rings. The maximum atomic E-state index is 11.6. The highest BCUT2D eigenvalue weighted by atomic mass is 16.1. The Labute approximate surface area is 128 Å². The first-order valence-electron chi connectivity index (χ1n) is 7.58. The molecule has 21 heavy (non-hydrogen) atoms. The van der Waals surface area contributed by atoms with Crippen LogP contribution in [-0.4, -0.2) is 38.1 Å². The summed E-state index contributed by atoms with van der Waals surface area (Å²) in [5, 5.41) is 6.06. The Balaban J connectivity index is 2.68. The molecular formula is C16H28N4O. The van der Waals surface area contributed by atoms with Gasteiger partial charge in [0.05, 0.1) is 5.92 Å². The number of anilines is 1. The molecule has 0 spiro atoms. The van der Waals surface area contributed by atoms with Gasteiger partial charge in [0, 0.05) is 33.4 Å². The molecule has 1 aromatic rings. The minimum Gasteiger partial charge on any atom is -0.359 e. The quantitative estimate of drug-likeness (QED) is 0.716. The van der Waals surface area contributed by atoms with Crippen molar-refractivity contribution in [1.29, 1.82) is 0 Å². The highest BCUT2D eigenvalue weighted by molar-refractivity contribution is 5.78. The monoisotopic (exact) mass is 292 g/mol. The zero-order valence-corrected chi connectivity index (χ0v) is 13.9. The second-order valence-corrected chi connectivity index (χ2v) is 5.56. The van der Waals surface area contributed by atoms with Gasteiger partial charge in [0.15, 0.2) is 0 Å². The molecule has 0 aliphatic heterocycles. The van der Waals surface area contributed by atoms with Crippen LogP contribution in [0.25, 0.3) is 0 Å². The molecule has 1 rings (SSSR count). The van der Waals surface area contributed by atoms with Gasteiger partial charge < -0.3 is 15.5 Å². The molecule has 2 N–H and O–H groups in total. The zero-order chi connectivity index (χ0) is 15.8. The summed E-state index contributed by atoms with van der Waals surface area (Å²) in [4.78, 5) is 18.2. The number of amides is 1. The minimum absolute atomic E-state index is 0.0555. The van der Waals surface area contributed by atoms with Crippen LogP contribution in [0.3, 0.4) is 0 Å². The third-order valence-corrected chi connectivity index (χ3v) is 3.47. The molecule has 1 amide bonds. The third-order valence-electron chi connectivity index (χ3n) is 3.47. The van der Waals surface area contributed by atoms with E-state index in [1.165, 1.54) is 5.56 Å². The first-order chi connectivity index (χ1) is 9.99. The first-order valence-corrected chi connectivity index (χ1v) is 7.58. The van der Waals surface area contributed by atoms with Crippen LogP contribution >= 0.6 is 0 Å². The van der Waals surface area contributed by atoms with Crippen molar-refractivity contribution in [2.24, 2.45) is 5.92 Å². The van der Waals surface area contributed by atoms with E-state index in [2.05, 4.69) is 35.5 Å². The fourth-order valence-corrected chi connectivity index (χ4v) is 2.36. The molecule has 0 radical (unpaired) electrons. The molecule has 1 aromatic heterocycles. The van der Waals surface area contributed by atoms with Crippen molar-refractivity contribution in [3.8, 4) is 0 Å². The number of carbonyl (C=O) groups is 1. The summed E-state index contributed by atoms with van der Waals surface area (Å²) in [6.07, 6.45) is 3.04. The summed E-state index contributed by atoms with van der Waals surface area (Å²) >= 11 is 0. The van der Waals surface area contributed by atoms with E-state index in [0.29, 0.717) is 6.54 Å². The average Bonchev–Trinajstić information content (AvgIpc) is 2.46. The molecule has 0 saturated heterocycles. The van der Waals surface area contributed by atoms with Gasteiger partial charge in [-0.1, -0.05) is 13.8 Å². The molecule has 5 nitrogen and oxygen atoms in total. The van der Waals surface area contributed by atoms with Crippen LogP contribution in [0.2, 0.25) is 0 Å². The SMILES string of the molecule is CCCNCc1cnc(N(C)CC(C)C(=O)NC)c(C)c1. The van der Waals surface area contributed by atoms with Gasteiger partial charge in [0.25, 0.3) is 0 Å². The largest absolute Gasteiger partial charge is 0.359 e. The topological polar surface area (TPSA) is 57.3 Å². The lowest BCUT2D eigenvalue weighted by atomic mass is 10.1. The molecule has 0 saturated carbocycles. The van der Waals surface area contributed by atoms with Crippen molar-refractivity contribution in [3.63, 3.8) is 0 Å². The Bertz CT molecular complexity index is 462. The maximum Gasteiger partial charge on any atom is 0.224 e. The molecule has 118 valence electrons. The fraction of sp³-hybridized carbons (Fsp3) is 0.625. The predicted molar refractivity (Wildman–Crippen MR) is 87.5 cm³/mol. The number of carbonyl (C=O) groups excluding carboxylic acids is 1. The summed E-state index contributed by atoms with van der Waals surface area (Å²) in [6, 6.07) is 2.16. The second kappa shape index (κ2) is 8.62. The third kappa shape index (κ3) is 5.34. The van der Waals surface area contributed by atoms with Crippen LogP contribution in [0, 0.1) is 12.8 Å². The number of hydrogen-bond donors (Lipinski definition) is 2. The van der Waals surface area contributed by atoms with Gasteiger partial charge in [-0.15, -0.1) is 0 Å². The smallest absolute Gasteiger partial charge is 0.224 e. The Kier molecular flexibility index (Phi) is 7.15. The van der Waals surface area contributed by atoms with Crippen molar-refractivity contribution in [2.45, 2.75) is 33.7 Å². The Morgan fingerprint density at radius 3 is 2.76 bits per heavy atom. The van der Waals surface area contributed by atoms with E-state index in [1.54, 1.807) is 7.05 Å². The maximum absolute atomic E-state index is 11.6. The van der Waals surface area contributed by atoms with Crippen molar-refractivity contribution in [3.05, 3.63) is 23.4 Å².